The molecule has 0 unspecified atom stereocenters. The van der Waals surface area contributed by atoms with Gasteiger partial charge in [0.1, 0.15) is 0 Å². The van der Waals surface area contributed by atoms with Gasteiger partial charge in [0.05, 0.1) is 23.4 Å². The zero-order valence-electron chi connectivity index (χ0n) is 13.9. The zero-order chi connectivity index (χ0) is 17.5. The van der Waals surface area contributed by atoms with Crippen LogP contribution in [0.1, 0.15) is 18.9 Å². The first-order valence-electron chi connectivity index (χ1n) is 8.55. The fourth-order valence-electron chi connectivity index (χ4n) is 3.59. The van der Waals surface area contributed by atoms with Crippen LogP contribution in [-0.4, -0.2) is 47.7 Å². The van der Waals surface area contributed by atoms with Crippen LogP contribution in [-0.2, 0) is 0 Å². The van der Waals surface area contributed by atoms with Crippen molar-refractivity contribution in [1.82, 2.24) is 34.6 Å². The number of para-hydroxylation sites is 1. The quantitative estimate of drug-likeness (QED) is 0.535. The lowest BCUT2D eigenvalue weighted by atomic mass is 10.0. The maximum Gasteiger partial charge on any atom is 0.261 e. The van der Waals surface area contributed by atoms with Gasteiger partial charge in [0.2, 0.25) is 5.65 Å². The molecule has 0 amide bonds. The lowest BCUT2D eigenvalue weighted by Gasteiger charge is -2.33. The topological polar surface area (TPSA) is 94.1 Å². The number of aromatic nitrogens is 7. The van der Waals surface area contributed by atoms with Crippen molar-refractivity contribution < 1.29 is 0 Å². The number of hydrogen-bond donors (Lipinski definition) is 0. The van der Waals surface area contributed by atoms with Crippen molar-refractivity contribution in [2.75, 3.05) is 18.0 Å². The maximum absolute atomic E-state index is 12.8. The Kier molecular flexibility index (Phi) is 3.37. The van der Waals surface area contributed by atoms with Gasteiger partial charge < -0.3 is 4.90 Å². The Labute approximate surface area is 147 Å². The highest BCUT2D eigenvalue weighted by atomic mass is 16.1. The van der Waals surface area contributed by atoms with Crippen LogP contribution < -0.4 is 10.5 Å². The standard InChI is InChI=1S/C17H16N8O/c26-17-13-3-1-2-4-14(13)19-11-24(17)12-5-8-23(9-6-12)15-16-20-21-22-25(16)10-7-18-15/h1-4,7,10-12H,5-6,8-9H2. The molecule has 0 saturated carbocycles. The van der Waals surface area contributed by atoms with E-state index in [0.717, 1.165) is 37.3 Å². The Morgan fingerprint density at radius 1 is 1.08 bits per heavy atom. The van der Waals surface area contributed by atoms with E-state index in [1.165, 1.54) is 0 Å². The molecule has 0 aliphatic carbocycles. The van der Waals surface area contributed by atoms with E-state index in [2.05, 4.69) is 30.4 Å². The number of rotatable bonds is 2. The van der Waals surface area contributed by atoms with Gasteiger partial charge in [-0.05, 0) is 35.4 Å². The summed E-state index contributed by atoms with van der Waals surface area (Å²) in [5.41, 5.74) is 1.41. The van der Waals surface area contributed by atoms with Crippen molar-refractivity contribution in [3.05, 3.63) is 53.3 Å². The Morgan fingerprint density at radius 3 is 2.81 bits per heavy atom. The van der Waals surface area contributed by atoms with Crippen LogP contribution in [0.4, 0.5) is 5.82 Å². The molecule has 4 aromatic rings. The number of hydrogen-bond acceptors (Lipinski definition) is 7. The van der Waals surface area contributed by atoms with Crippen LogP contribution in [0.25, 0.3) is 16.6 Å². The lowest BCUT2D eigenvalue weighted by molar-refractivity contribution is 0.385. The molecule has 0 atom stereocenters. The summed E-state index contributed by atoms with van der Waals surface area (Å²) < 4.78 is 3.39. The molecule has 5 rings (SSSR count). The first-order valence-corrected chi connectivity index (χ1v) is 8.55. The minimum absolute atomic E-state index is 0.0240. The van der Waals surface area contributed by atoms with Crippen LogP contribution in [0.2, 0.25) is 0 Å². The third-order valence-corrected chi connectivity index (χ3v) is 4.95. The second-order valence-corrected chi connectivity index (χ2v) is 6.39. The number of nitrogens with zero attached hydrogens (tertiary/aromatic N) is 8. The smallest absolute Gasteiger partial charge is 0.261 e. The fraction of sp³-hybridized carbons (Fsp3) is 0.294. The predicted molar refractivity (Wildman–Crippen MR) is 95.1 cm³/mol. The second-order valence-electron chi connectivity index (χ2n) is 6.39. The molecule has 1 aliphatic heterocycles. The van der Waals surface area contributed by atoms with Gasteiger partial charge >= 0.3 is 0 Å². The van der Waals surface area contributed by atoms with Crippen molar-refractivity contribution in [3.63, 3.8) is 0 Å². The van der Waals surface area contributed by atoms with Gasteiger partial charge in [-0.3, -0.25) is 9.36 Å². The van der Waals surface area contributed by atoms with Crippen LogP contribution in [0.15, 0.2) is 47.8 Å². The Hall–Kier alpha value is -3.36. The SMILES string of the molecule is O=c1c2ccccc2ncn1C1CCN(c2nccn3nnnc23)CC1. The van der Waals surface area contributed by atoms with Gasteiger partial charge in [-0.2, -0.15) is 4.52 Å². The highest BCUT2D eigenvalue weighted by Gasteiger charge is 2.24. The van der Waals surface area contributed by atoms with E-state index in [0.29, 0.717) is 11.0 Å². The molecule has 1 saturated heterocycles. The van der Waals surface area contributed by atoms with Gasteiger partial charge in [0, 0.05) is 25.3 Å². The molecule has 1 fully saturated rings. The minimum Gasteiger partial charge on any atom is -0.353 e. The fourth-order valence-corrected chi connectivity index (χ4v) is 3.59. The molecule has 3 aromatic heterocycles. The van der Waals surface area contributed by atoms with Gasteiger partial charge in [0.15, 0.2) is 5.82 Å². The summed E-state index contributed by atoms with van der Waals surface area (Å²) in [5, 5.41) is 12.3. The average molecular weight is 348 g/mol. The summed E-state index contributed by atoms with van der Waals surface area (Å²) in [4.78, 5) is 23.8. The summed E-state index contributed by atoms with van der Waals surface area (Å²) in [6.07, 6.45) is 6.77. The summed E-state index contributed by atoms with van der Waals surface area (Å²) in [7, 11) is 0. The van der Waals surface area contributed by atoms with Crippen molar-refractivity contribution in [1.29, 1.82) is 0 Å². The first-order chi connectivity index (χ1) is 12.8. The van der Waals surface area contributed by atoms with Crippen molar-refractivity contribution >= 4 is 22.4 Å². The molecule has 0 bridgehead atoms. The van der Waals surface area contributed by atoms with Gasteiger partial charge in [0.25, 0.3) is 5.56 Å². The van der Waals surface area contributed by atoms with E-state index < -0.39 is 0 Å². The van der Waals surface area contributed by atoms with Crippen LogP contribution in [0.3, 0.4) is 0 Å². The monoisotopic (exact) mass is 348 g/mol. The predicted octanol–water partition coefficient (Wildman–Crippen LogP) is 1.07. The molecule has 0 spiro atoms. The number of fused-ring (bicyclic) bond motifs is 2. The molecule has 0 radical (unpaired) electrons. The molecular formula is C17H16N8O. The largest absolute Gasteiger partial charge is 0.353 e. The molecule has 4 heterocycles. The summed E-state index contributed by atoms with van der Waals surface area (Å²) in [5.74, 6) is 0.778. The average Bonchev–Trinajstić information content (AvgIpc) is 3.18. The Morgan fingerprint density at radius 2 is 1.92 bits per heavy atom. The van der Waals surface area contributed by atoms with E-state index in [4.69, 9.17) is 0 Å². The van der Waals surface area contributed by atoms with Gasteiger partial charge in [-0.15, -0.1) is 5.10 Å². The zero-order valence-corrected chi connectivity index (χ0v) is 13.9. The van der Waals surface area contributed by atoms with Crippen molar-refractivity contribution in [3.8, 4) is 0 Å². The minimum atomic E-state index is 0.0240. The summed E-state index contributed by atoms with van der Waals surface area (Å²) >= 11 is 0. The van der Waals surface area contributed by atoms with E-state index in [-0.39, 0.29) is 11.6 Å². The number of tetrazole rings is 1. The number of anilines is 1. The molecule has 9 heteroatoms. The number of benzene rings is 1. The molecule has 9 nitrogen and oxygen atoms in total. The third kappa shape index (κ3) is 2.32. The maximum atomic E-state index is 12.8. The lowest BCUT2D eigenvalue weighted by Crippen LogP contribution is -2.38. The molecule has 26 heavy (non-hydrogen) atoms. The number of piperidine rings is 1. The summed E-state index contributed by atoms with van der Waals surface area (Å²) in [6, 6.07) is 7.59. The molecule has 130 valence electrons. The highest BCUT2D eigenvalue weighted by Crippen LogP contribution is 2.26. The van der Waals surface area contributed by atoms with E-state index in [9.17, 15) is 4.79 Å². The van der Waals surface area contributed by atoms with Crippen molar-refractivity contribution in [2.24, 2.45) is 0 Å². The molecular weight excluding hydrogens is 332 g/mol. The molecule has 1 aromatic carbocycles. The summed E-state index contributed by atoms with van der Waals surface area (Å²) in [6.45, 7) is 1.56. The van der Waals surface area contributed by atoms with Crippen LogP contribution in [0.5, 0.6) is 0 Å². The normalized spacial score (nSPS) is 15.8. The van der Waals surface area contributed by atoms with Crippen molar-refractivity contribution in [2.45, 2.75) is 18.9 Å². The molecule has 0 N–H and O–H groups in total. The Balaban J connectivity index is 1.42. The third-order valence-electron chi connectivity index (χ3n) is 4.95. The molecule has 1 aliphatic rings. The highest BCUT2D eigenvalue weighted by molar-refractivity contribution is 5.76. The Bertz CT molecular complexity index is 1140. The van der Waals surface area contributed by atoms with Gasteiger partial charge in [-0.25, -0.2) is 9.97 Å². The van der Waals surface area contributed by atoms with E-state index in [1.807, 2.05) is 24.3 Å². The van der Waals surface area contributed by atoms with Crippen LogP contribution >= 0.6 is 0 Å². The first kappa shape index (κ1) is 14.9. The van der Waals surface area contributed by atoms with Gasteiger partial charge in [-0.1, -0.05) is 12.1 Å². The second kappa shape index (κ2) is 5.87. The van der Waals surface area contributed by atoms with E-state index >= 15 is 0 Å². The van der Waals surface area contributed by atoms with E-state index in [1.54, 1.807) is 27.8 Å². The van der Waals surface area contributed by atoms with Crippen LogP contribution in [0, 0.1) is 0 Å².